The van der Waals surface area contributed by atoms with Crippen LogP contribution in [0.1, 0.15) is 13.8 Å². The number of aromatic nitrogens is 3. The van der Waals surface area contributed by atoms with Crippen LogP contribution in [0.15, 0.2) is 36.4 Å². The molecule has 3 aromatic rings. The average molecular weight is 377 g/mol. The lowest BCUT2D eigenvalue weighted by Crippen LogP contribution is -2.13. The van der Waals surface area contributed by atoms with Gasteiger partial charge in [0.25, 0.3) is 0 Å². The van der Waals surface area contributed by atoms with Crippen LogP contribution in [0.25, 0.3) is 11.5 Å². The molecule has 0 saturated heterocycles. The summed E-state index contributed by atoms with van der Waals surface area (Å²) in [6.45, 7) is 3.72. The largest absolute Gasteiger partial charge is 0.368 e. The van der Waals surface area contributed by atoms with Crippen molar-refractivity contribution in [3.05, 3.63) is 59.8 Å². The molecule has 9 heteroatoms. The standard InChI is InChI=1S/C18H15F4N5/c1-9(2)23-15-8-16(24-12-6-10(19)5-11(20)7-12)27-18(26-15)17-13(21)3-4-14(22)25-17/h3-9H,1-2H3,(H2,23,24,26,27). The maximum atomic E-state index is 14.1. The summed E-state index contributed by atoms with van der Waals surface area (Å²) in [4.78, 5) is 11.7. The Hall–Kier alpha value is -3.23. The number of halogens is 4. The van der Waals surface area contributed by atoms with Gasteiger partial charge in [-0.25, -0.2) is 28.1 Å². The van der Waals surface area contributed by atoms with E-state index in [-0.39, 0.29) is 29.1 Å². The van der Waals surface area contributed by atoms with Gasteiger partial charge in [-0.1, -0.05) is 0 Å². The smallest absolute Gasteiger partial charge is 0.213 e. The SMILES string of the molecule is CC(C)Nc1cc(Nc2cc(F)cc(F)c2)nc(-c2nc(F)ccc2F)n1. The minimum absolute atomic E-state index is 0.0162. The van der Waals surface area contributed by atoms with Crippen LogP contribution < -0.4 is 10.6 Å². The molecule has 2 heterocycles. The van der Waals surface area contributed by atoms with Gasteiger partial charge >= 0.3 is 0 Å². The van der Waals surface area contributed by atoms with Gasteiger partial charge in [-0.15, -0.1) is 0 Å². The zero-order chi connectivity index (χ0) is 19.6. The Balaban J connectivity index is 2.06. The Morgan fingerprint density at radius 3 is 2.15 bits per heavy atom. The molecule has 3 rings (SSSR count). The van der Waals surface area contributed by atoms with E-state index in [4.69, 9.17) is 0 Å². The van der Waals surface area contributed by atoms with Crippen molar-refractivity contribution in [2.24, 2.45) is 0 Å². The Kier molecular flexibility index (Phi) is 5.20. The first-order valence-corrected chi connectivity index (χ1v) is 8.01. The molecule has 0 bridgehead atoms. The number of anilines is 3. The number of nitrogens with zero attached hydrogens (tertiary/aromatic N) is 3. The van der Waals surface area contributed by atoms with Crippen molar-refractivity contribution in [2.75, 3.05) is 10.6 Å². The van der Waals surface area contributed by atoms with Crippen LogP contribution in [0.5, 0.6) is 0 Å². The highest BCUT2D eigenvalue weighted by Gasteiger charge is 2.15. The Bertz CT molecular complexity index is 958. The highest BCUT2D eigenvalue weighted by atomic mass is 19.1. The number of hydrogen-bond acceptors (Lipinski definition) is 5. The second-order valence-corrected chi connectivity index (χ2v) is 6.01. The zero-order valence-electron chi connectivity index (χ0n) is 14.4. The minimum atomic E-state index is -0.890. The summed E-state index contributed by atoms with van der Waals surface area (Å²) in [5.74, 6) is -2.99. The molecule has 1 aromatic carbocycles. The van der Waals surface area contributed by atoms with E-state index in [9.17, 15) is 17.6 Å². The van der Waals surface area contributed by atoms with Gasteiger partial charge in [-0.2, -0.15) is 4.39 Å². The molecule has 5 nitrogen and oxygen atoms in total. The molecule has 0 unspecified atom stereocenters. The number of rotatable bonds is 5. The van der Waals surface area contributed by atoms with Crippen LogP contribution in [-0.2, 0) is 0 Å². The molecule has 0 spiro atoms. The van der Waals surface area contributed by atoms with Crippen LogP contribution in [0.2, 0.25) is 0 Å². The fourth-order valence-electron chi connectivity index (χ4n) is 2.34. The first-order chi connectivity index (χ1) is 12.8. The molecule has 0 radical (unpaired) electrons. The third kappa shape index (κ3) is 4.69. The highest BCUT2D eigenvalue weighted by Crippen LogP contribution is 2.24. The first-order valence-electron chi connectivity index (χ1n) is 8.01. The lowest BCUT2D eigenvalue weighted by Gasteiger charge is -2.13. The van der Waals surface area contributed by atoms with Gasteiger partial charge in [-0.05, 0) is 38.1 Å². The first kappa shape index (κ1) is 18.6. The summed E-state index contributed by atoms with van der Waals surface area (Å²) in [6.07, 6.45) is 0. The maximum absolute atomic E-state index is 14.1. The van der Waals surface area contributed by atoms with Gasteiger partial charge in [0.05, 0.1) is 0 Å². The molecular formula is C18H15F4N5. The van der Waals surface area contributed by atoms with Crippen molar-refractivity contribution in [1.29, 1.82) is 0 Å². The number of hydrogen-bond donors (Lipinski definition) is 2. The molecule has 140 valence electrons. The molecule has 0 aliphatic rings. The van der Waals surface area contributed by atoms with Crippen molar-refractivity contribution >= 4 is 17.3 Å². The van der Waals surface area contributed by atoms with Crippen LogP contribution >= 0.6 is 0 Å². The quantitative estimate of drug-likeness (QED) is 0.500. The summed E-state index contributed by atoms with van der Waals surface area (Å²) < 4.78 is 54.3. The lowest BCUT2D eigenvalue weighted by atomic mass is 10.3. The molecule has 0 amide bonds. The monoisotopic (exact) mass is 377 g/mol. The van der Waals surface area contributed by atoms with Crippen molar-refractivity contribution in [3.63, 3.8) is 0 Å². The molecular weight excluding hydrogens is 362 g/mol. The fourth-order valence-corrected chi connectivity index (χ4v) is 2.34. The molecule has 2 aromatic heterocycles. The Morgan fingerprint density at radius 2 is 1.48 bits per heavy atom. The van der Waals surface area contributed by atoms with Gasteiger partial charge in [0.2, 0.25) is 5.95 Å². The van der Waals surface area contributed by atoms with Gasteiger partial charge < -0.3 is 10.6 Å². The van der Waals surface area contributed by atoms with Crippen LogP contribution in [-0.4, -0.2) is 21.0 Å². The molecule has 2 N–H and O–H groups in total. The molecule has 0 fully saturated rings. The molecule has 0 atom stereocenters. The molecule has 0 saturated carbocycles. The van der Waals surface area contributed by atoms with Gasteiger partial charge in [0.15, 0.2) is 11.6 Å². The van der Waals surface area contributed by atoms with E-state index in [1.54, 1.807) is 0 Å². The second-order valence-electron chi connectivity index (χ2n) is 6.01. The molecule has 0 aliphatic carbocycles. The van der Waals surface area contributed by atoms with Crippen molar-refractivity contribution < 1.29 is 17.6 Å². The van der Waals surface area contributed by atoms with E-state index in [1.807, 2.05) is 13.8 Å². The van der Waals surface area contributed by atoms with E-state index in [1.165, 1.54) is 6.07 Å². The minimum Gasteiger partial charge on any atom is -0.368 e. The van der Waals surface area contributed by atoms with Crippen molar-refractivity contribution in [2.45, 2.75) is 19.9 Å². The lowest BCUT2D eigenvalue weighted by molar-refractivity contribution is 0.562. The summed E-state index contributed by atoms with van der Waals surface area (Å²) in [6, 6.07) is 6.13. The normalized spacial score (nSPS) is 10.9. The number of pyridine rings is 1. The molecule has 0 aliphatic heterocycles. The second kappa shape index (κ2) is 7.56. The van der Waals surface area contributed by atoms with Crippen LogP contribution in [0, 0.1) is 23.4 Å². The summed E-state index contributed by atoms with van der Waals surface area (Å²) in [5, 5.41) is 5.74. The number of nitrogens with one attached hydrogen (secondary N) is 2. The molecule has 27 heavy (non-hydrogen) atoms. The predicted octanol–water partition coefficient (Wildman–Crippen LogP) is 4.66. The highest BCUT2D eigenvalue weighted by molar-refractivity contribution is 5.64. The number of benzene rings is 1. The fraction of sp³-hybridized carbons (Fsp3) is 0.167. The third-order valence-electron chi connectivity index (χ3n) is 3.32. The van der Waals surface area contributed by atoms with Crippen molar-refractivity contribution in [1.82, 2.24) is 15.0 Å². The van der Waals surface area contributed by atoms with Gasteiger partial charge in [0, 0.05) is 23.9 Å². The van der Waals surface area contributed by atoms with E-state index < -0.39 is 23.4 Å². The van der Waals surface area contributed by atoms with Crippen LogP contribution in [0.3, 0.4) is 0 Å². The topological polar surface area (TPSA) is 62.7 Å². The van der Waals surface area contributed by atoms with E-state index in [2.05, 4.69) is 25.6 Å². The predicted molar refractivity (Wildman–Crippen MR) is 93.6 cm³/mol. The van der Waals surface area contributed by atoms with Crippen LogP contribution in [0.4, 0.5) is 34.9 Å². The van der Waals surface area contributed by atoms with E-state index in [0.29, 0.717) is 5.82 Å². The average Bonchev–Trinajstić information content (AvgIpc) is 2.55. The van der Waals surface area contributed by atoms with E-state index >= 15 is 0 Å². The van der Waals surface area contributed by atoms with Gasteiger partial charge in [-0.3, -0.25) is 0 Å². The summed E-state index contributed by atoms with van der Waals surface area (Å²) in [7, 11) is 0. The maximum Gasteiger partial charge on any atom is 0.213 e. The third-order valence-corrected chi connectivity index (χ3v) is 3.32. The van der Waals surface area contributed by atoms with Crippen molar-refractivity contribution in [3.8, 4) is 11.5 Å². The summed E-state index contributed by atoms with van der Waals surface area (Å²) >= 11 is 0. The Labute approximate surface area is 152 Å². The zero-order valence-corrected chi connectivity index (χ0v) is 14.4. The summed E-state index contributed by atoms with van der Waals surface area (Å²) in [5.41, 5.74) is -0.281. The van der Waals surface area contributed by atoms with E-state index in [0.717, 1.165) is 30.3 Å². The Morgan fingerprint density at radius 1 is 0.815 bits per heavy atom. The van der Waals surface area contributed by atoms with Gasteiger partial charge in [0.1, 0.15) is 29.0 Å².